The summed E-state index contributed by atoms with van der Waals surface area (Å²) in [5.74, 6) is -0.812. The summed E-state index contributed by atoms with van der Waals surface area (Å²) in [6, 6.07) is 5.88. The first-order chi connectivity index (χ1) is 8.58. The number of aliphatic carboxylic acids is 1. The van der Waals surface area contributed by atoms with Crippen molar-refractivity contribution in [1.29, 1.82) is 0 Å². The maximum Gasteiger partial charge on any atom is 0.320 e. The molecule has 4 heteroatoms. The number of benzene rings is 1. The van der Waals surface area contributed by atoms with Crippen LogP contribution in [0.15, 0.2) is 18.2 Å². The standard InChI is InChI=1S/C14H20N2O2/c1-10(14(17)18)15-9-11-5-6-13-12(8-11)4-3-7-16(13)2/h5-6,8,10,15H,3-4,7,9H2,1-2H3,(H,17,18). The fraction of sp³-hybridized carbons (Fsp3) is 0.500. The van der Waals surface area contributed by atoms with E-state index in [9.17, 15) is 4.79 Å². The summed E-state index contributed by atoms with van der Waals surface area (Å²) in [4.78, 5) is 13.0. The van der Waals surface area contributed by atoms with Crippen molar-refractivity contribution in [3.63, 3.8) is 0 Å². The molecule has 0 bridgehead atoms. The molecule has 0 aromatic heterocycles. The van der Waals surface area contributed by atoms with Crippen molar-refractivity contribution in [2.75, 3.05) is 18.5 Å². The minimum atomic E-state index is -0.812. The van der Waals surface area contributed by atoms with Crippen LogP contribution in [0.1, 0.15) is 24.5 Å². The molecule has 1 aliphatic rings. The second-order valence-corrected chi connectivity index (χ2v) is 4.93. The Morgan fingerprint density at radius 2 is 2.33 bits per heavy atom. The molecule has 1 aromatic rings. The van der Waals surface area contributed by atoms with Crippen LogP contribution in [0, 0.1) is 0 Å². The van der Waals surface area contributed by atoms with Gasteiger partial charge in [-0.1, -0.05) is 12.1 Å². The van der Waals surface area contributed by atoms with Crippen LogP contribution >= 0.6 is 0 Å². The molecule has 0 saturated carbocycles. The second kappa shape index (κ2) is 5.40. The Balaban J connectivity index is 2.05. The van der Waals surface area contributed by atoms with Gasteiger partial charge in [-0.2, -0.15) is 0 Å². The van der Waals surface area contributed by atoms with Crippen molar-refractivity contribution in [2.24, 2.45) is 0 Å². The van der Waals surface area contributed by atoms with Gasteiger partial charge in [0.15, 0.2) is 0 Å². The first-order valence-electron chi connectivity index (χ1n) is 6.37. The Morgan fingerprint density at radius 1 is 1.56 bits per heavy atom. The summed E-state index contributed by atoms with van der Waals surface area (Å²) in [5, 5.41) is 11.8. The zero-order valence-corrected chi connectivity index (χ0v) is 10.9. The molecule has 2 rings (SSSR count). The van der Waals surface area contributed by atoms with Crippen LogP contribution in [-0.2, 0) is 17.8 Å². The third-order valence-corrected chi connectivity index (χ3v) is 3.48. The number of nitrogens with zero attached hydrogens (tertiary/aromatic N) is 1. The van der Waals surface area contributed by atoms with Gasteiger partial charge >= 0.3 is 5.97 Å². The van der Waals surface area contributed by atoms with Crippen molar-refractivity contribution in [2.45, 2.75) is 32.4 Å². The minimum Gasteiger partial charge on any atom is -0.480 e. The van der Waals surface area contributed by atoms with E-state index in [2.05, 4.69) is 35.5 Å². The molecule has 1 unspecified atom stereocenters. The highest BCUT2D eigenvalue weighted by Gasteiger charge is 2.14. The molecule has 0 spiro atoms. The third kappa shape index (κ3) is 2.82. The summed E-state index contributed by atoms with van der Waals surface area (Å²) in [5.41, 5.74) is 3.82. The lowest BCUT2D eigenvalue weighted by molar-refractivity contribution is -0.139. The lowest BCUT2D eigenvalue weighted by atomic mass is 9.99. The van der Waals surface area contributed by atoms with E-state index in [0.717, 1.165) is 18.5 Å². The summed E-state index contributed by atoms with van der Waals surface area (Å²) in [6.45, 7) is 3.37. The molecule has 18 heavy (non-hydrogen) atoms. The van der Waals surface area contributed by atoms with Gasteiger partial charge in [0.25, 0.3) is 0 Å². The van der Waals surface area contributed by atoms with Crippen molar-refractivity contribution < 1.29 is 9.90 Å². The van der Waals surface area contributed by atoms with E-state index in [4.69, 9.17) is 5.11 Å². The number of carboxylic acids is 1. The molecule has 98 valence electrons. The van der Waals surface area contributed by atoms with Gasteiger partial charge in [0, 0.05) is 25.8 Å². The quantitative estimate of drug-likeness (QED) is 0.850. The van der Waals surface area contributed by atoms with E-state index in [0.29, 0.717) is 6.54 Å². The molecule has 0 saturated heterocycles. The van der Waals surface area contributed by atoms with Crippen molar-refractivity contribution in [3.05, 3.63) is 29.3 Å². The number of nitrogens with one attached hydrogen (secondary N) is 1. The van der Waals surface area contributed by atoms with Crippen LogP contribution in [0.4, 0.5) is 5.69 Å². The average molecular weight is 248 g/mol. The molecular weight excluding hydrogens is 228 g/mol. The first kappa shape index (κ1) is 12.9. The van der Waals surface area contributed by atoms with Gasteiger partial charge in [-0.15, -0.1) is 0 Å². The molecule has 1 aliphatic heterocycles. The van der Waals surface area contributed by atoms with Crippen molar-refractivity contribution >= 4 is 11.7 Å². The zero-order chi connectivity index (χ0) is 13.1. The predicted molar refractivity (Wildman–Crippen MR) is 72.0 cm³/mol. The van der Waals surface area contributed by atoms with Gasteiger partial charge in [-0.25, -0.2) is 0 Å². The summed E-state index contributed by atoms with van der Waals surface area (Å²) in [6.07, 6.45) is 2.30. The van der Waals surface area contributed by atoms with Gasteiger partial charge in [-0.3, -0.25) is 4.79 Å². The number of rotatable bonds is 4. The summed E-state index contributed by atoms with van der Waals surface area (Å²) >= 11 is 0. The van der Waals surface area contributed by atoms with Crippen LogP contribution in [0.2, 0.25) is 0 Å². The molecule has 1 heterocycles. The molecule has 1 atom stereocenters. The lowest BCUT2D eigenvalue weighted by Gasteiger charge is -2.28. The molecule has 4 nitrogen and oxygen atoms in total. The number of fused-ring (bicyclic) bond motifs is 1. The Morgan fingerprint density at radius 3 is 3.06 bits per heavy atom. The fourth-order valence-corrected chi connectivity index (χ4v) is 2.31. The van der Waals surface area contributed by atoms with Crippen LogP contribution in [0.3, 0.4) is 0 Å². The van der Waals surface area contributed by atoms with E-state index in [1.54, 1.807) is 6.92 Å². The highest BCUT2D eigenvalue weighted by molar-refractivity contribution is 5.72. The smallest absolute Gasteiger partial charge is 0.320 e. The van der Waals surface area contributed by atoms with Gasteiger partial charge < -0.3 is 15.3 Å². The number of carboxylic acid groups (broad SMARTS) is 1. The number of hydrogen-bond acceptors (Lipinski definition) is 3. The Bertz CT molecular complexity index is 445. The van der Waals surface area contributed by atoms with E-state index in [-0.39, 0.29) is 0 Å². The normalized spacial score (nSPS) is 16.2. The van der Waals surface area contributed by atoms with Gasteiger partial charge in [0.1, 0.15) is 6.04 Å². The number of carbonyl (C=O) groups is 1. The fourth-order valence-electron chi connectivity index (χ4n) is 2.31. The van der Waals surface area contributed by atoms with Crippen LogP contribution in [0.25, 0.3) is 0 Å². The molecule has 0 amide bonds. The SMILES string of the molecule is CC(NCc1ccc2c(c1)CCCN2C)C(=O)O. The summed E-state index contributed by atoms with van der Waals surface area (Å²) < 4.78 is 0. The highest BCUT2D eigenvalue weighted by Crippen LogP contribution is 2.26. The Kier molecular flexibility index (Phi) is 3.87. The number of anilines is 1. The van der Waals surface area contributed by atoms with Gasteiger partial charge in [0.05, 0.1) is 0 Å². The molecule has 0 fully saturated rings. The molecule has 1 aromatic carbocycles. The van der Waals surface area contributed by atoms with Crippen LogP contribution < -0.4 is 10.2 Å². The Hall–Kier alpha value is -1.55. The predicted octanol–water partition coefficient (Wildman–Crippen LogP) is 1.63. The molecule has 0 aliphatic carbocycles. The molecule has 0 radical (unpaired) electrons. The average Bonchev–Trinajstić information content (AvgIpc) is 2.36. The topological polar surface area (TPSA) is 52.6 Å². The van der Waals surface area contributed by atoms with Crippen LogP contribution in [0.5, 0.6) is 0 Å². The Labute approximate surface area is 108 Å². The monoisotopic (exact) mass is 248 g/mol. The van der Waals surface area contributed by atoms with Gasteiger partial charge in [-0.05, 0) is 37.0 Å². The third-order valence-electron chi connectivity index (χ3n) is 3.48. The van der Waals surface area contributed by atoms with Gasteiger partial charge in [0.2, 0.25) is 0 Å². The number of hydrogen-bond donors (Lipinski definition) is 2. The summed E-state index contributed by atoms with van der Waals surface area (Å²) in [7, 11) is 2.11. The van der Waals surface area contributed by atoms with E-state index in [1.807, 2.05) is 0 Å². The highest BCUT2D eigenvalue weighted by atomic mass is 16.4. The lowest BCUT2D eigenvalue weighted by Crippen LogP contribution is -2.33. The minimum absolute atomic E-state index is 0.510. The maximum absolute atomic E-state index is 10.7. The maximum atomic E-state index is 10.7. The number of aryl methyl sites for hydroxylation is 1. The molecule has 2 N–H and O–H groups in total. The van der Waals surface area contributed by atoms with E-state index in [1.165, 1.54) is 17.7 Å². The molecular formula is C14H20N2O2. The largest absolute Gasteiger partial charge is 0.480 e. The van der Waals surface area contributed by atoms with E-state index >= 15 is 0 Å². The second-order valence-electron chi connectivity index (χ2n) is 4.93. The van der Waals surface area contributed by atoms with E-state index < -0.39 is 12.0 Å². The van der Waals surface area contributed by atoms with Crippen molar-refractivity contribution in [1.82, 2.24) is 5.32 Å². The first-order valence-corrected chi connectivity index (χ1v) is 6.37. The van der Waals surface area contributed by atoms with Crippen molar-refractivity contribution in [3.8, 4) is 0 Å². The van der Waals surface area contributed by atoms with Crippen LogP contribution in [-0.4, -0.2) is 30.7 Å². The zero-order valence-electron chi connectivity index (χ0n) is 10.9.